The maximum atomic E-state index is 11.8. The number of amides is 1. The molecule has 1 aliphatic rings. The Morgan fingerprint density at radius 3 is 2.90 bits per heavy atom. The van der Waals surface area contributed by atoms with Gasteiger partial charge in [-0.2, -0.15) is 5.26 Å². The summed E-state index contributed by atoms with van der Waals surface area (Å²) in [4.78, 5) is 13.4. The van der Waals surface area contributed by atoms with E-state index in [0.717, 1.165) is 22.6 Å². The van der Waals surface area contributed by atoms with Crippen LogP contribution in [0.4, 0.5) is 0 Å². The van der Waals surface area contributed by atoms with Crippen LogP contribution in [0.15, 0.2) is 28.8 Å². The van der Waals surface area contributed by atoms with Gasteiger partial charge in [0.05, 0.1) is 12.6 Å². The molecule has 0 atom stereocenters. The third kappa shape index (κ3) is 2.63. The second-order valence-electron chi connectivity index (χ2n) is 4.84. The summed E-state index contributed by atoms with van der Waals surface area (Å²) in [5.41, 5.74) is 2.71. The molecule has 0 aliphatic carbocycles. The predicted octanol–water partition coefficient (Wildman–Crippen LogP) is 2.79. The summed E-state index contributed by atoms with van der Waals surface area (Å²) in [6.07, 6.45) is 0.575. The molecular formula is C15H12ClN3O2. The number of carbonyl (C=O) groups excluding carboxylic acids is 1. The lowest BCUT2D eigenvalue weighted by atomic mass is 10.0. The smallest absolute Gasteiger partial charge is 0.237 e. The number of aromatic nitrogens is 1. The van der Waals surface area contributed by atoms with E-state index in [0.29, 0.717) is 24.5 Å². The number of rotatable bonds is 2. The number of carbonyl (C=O) groups is 1. The molecule has 1 amide bonds. The van der Waals surface area contributed by atoms with Crippen molar-refractivity contribution in [1.29, 1.82) is 5.26 Å². The molecule has 6 heteroatoms. The topological polar surface area (TPSA) is 70.1 Å². The van der Waals surface area contributed by atoms with Gasteiger partial charge in [-0.25, -0.2) is 0 Å². The fraction of sp³-hybridized carbons (Fsp3) is 0.267. The van der Waals surface area contributed by atoms with Crippen LogP contribution in [-0.4, -0.2) is 22.5 Å². The lowest BCUT2D eigenvalue weighted by Crippen LogP contribution is -2.35. The minimum absolute atomic E-state index is 0.1000. The lowest BCUT2D eigenvalue weighted by molar-refractivity contribution is -0.131. The van der Waals surface area contributed by atoms with Gasteiger partial charge in [0.15, 0.2) is 5.76 Å². The molecule has 0 saturated carbocycles. The fourth-order valence-electron chi connectivity index (χ4n) is 2.45. The van der Waals surface area contributed by atoms with E-state index in [1.165, 1.54) is 0 Å². The van der Waals surface area contributed by atoms with Crippen molar-refractivity contribution < 1.29 is 9.32 Å². The molecule has 0 fully saturated rings. The van der Waals surface area contributed by atoms with Crippen LogP contribution in [0.1, 0.15) is 17.7 Å². The summed E-state index contributed by atoms with van der Waals surface area (Å²) in [7, 11) is 0. The second-order valence-corrected chi connectivity index (χ2v) is 5.28. The predicted molar refractivity (Wildman–Crippen MR) is 76.3 cm³/mol. The minimum Gasteiger partial charge on any atom is -0.356 e. The van der Waals surface area contributed by atoms with Crippen LogP contribution in [0.3, 0.4) is 0 Å². The van der Waals surface area contributed by atoms with Crippen molar-refractivity contribution in [3.8, 4) is 17.4 Å². The minimum atomic E-state index is -0.167. The number of benzene rings is 1. The molecule has 1 aromatic carbocycles. The summed E-state index contributed by atoms with van der Waals surface area (Å²) in [5.74, 6) is 0.563. The van der Waals surface area contributed by atoms with Crippen molar-refractivity contribution in [3.05, 3.63) is 40.5 Å². The van der Waals surface area contributed by atoms with Crippen molar-refractivity contribution in [1.82, 2.24) is 10.1 Å². The van der Waals surface area contributed by atoms with Gasteiger partial charge in [0.1, 0.15) is 12.1 Å². The Bertz CT molecular complexity index is 716. The van der Waals surface area contributed by atoms with E-state index in [9.17, 15) is 4.79 Å². The second kappa shape index (κ2) is 5.58. The molecular weight excluding hydrogens is 290 g/mol. The first-order valence-corrected chi connectivity index (χ1v) is 6.95. The largest absolute Gasteiger partial charge is 0.356 e. The van der Waals surface area contributed by atoms with Gasteiger partial charge in [0.25, 0.3) is 0 Å². The first kappa shape index (κ1) is 13.7. The van der Waals surface area contributed by atoms with E-state index in [1.807, 2.05) is 18.2 Å². The first-order chi connectivity index (χ1) is 10.2. The van der Waals surface area contributed by atoms with Crippen LogP contribution in [0.2, 0.25) is 5.02 Å². The van der Waals surface area contributed by atoms with Gasteiger partial charge < -0.3 is 9.42 Å². The first-order valence-electron chi connectivity index (χ1n) is 6.57. The maximum Gasteiger partial charge on any atom is 0.237 e. The zero-order chi connectivity index (χ0) is 14.8. The molecule has 0 bridgehead atoms. The Hall–Kier alpha value is -2.32. The number of hydrogen-bond donors (Lipinski definition) is 0. The third-order valence-electron chi connectivity index (χ3n) is 3.53. The molecule has 2 heterocycles. The lowest BCUT2D eigenvalue weighted by Gasteiger charge is -2.25. The Labute approximate surface area is 126 Å². The van der Waals surface area contributed by atoms with E-state index < -0.39 is 0 Å². The van der Waals surface area contributed by atoms with Gasteiger partial charge in [0.2, 0.25) is 5.91 Å². The van der Waals surface area contributed by atoms with Crippen molar-refractivity contribution in [2.45, 2.75) is 19.4 Å². The zero-order valence-corrected chi connectivity index (χ0v) is 11.9. The van der Waals surface area contributed by atoms with Crippen LogP contribution in [0, 0.1) is 11.3 Å². The molecule has 106 valence electrons. The van der Waals surface area contributed by atoms with Gasteiger partial charge in [-0.15, -0.1) is 0 Å². The summed E-state index contributed by atoms with van der Waals surface area (Å²) < 4.78 is 5.44. The highest BCUT2D eigenvalue weighted by Crippen LogP contribution is 2.31. The molecule has 21 heavy (non-hydrogen) atoms. The molecule has 0 spiro atoms. The molecule has 1 aromatic heterocycles. The van der Waals surface area contributed by atoms with E-state index in [1.54, 1.807) is 17.0 Å². The summed E-state index contributed by atoms with van der Waals surface area (Å²) in [5, 5.41) is 13.3. The van der Waals surface area contributed by atoms with Crippen molar-refractivity contribution >= 4 is 17.5 Å². The molecule has 2 aromatic rings. The Morgan fingerprint density at radius 2 is 2.19 bits per heavy atom. The van der Waals surface area contributed by atoms with Gasteiger partial charge in [-0.1, -0.05) is 16.8 Å². The van der Waals surface area contributed by atoms with Gasteiger partial charge in [-0.3, -0.25) is 4.79 Å². The highest BCUT2D eigenvalue weighted by molar-refractivity contribution is 6.30. The monoisotopic (exact) mass is 301 g/mol. The van der Waals surface area contributed by atoms with Crippen molar-refractivity contribution in [2.75, 3.05) is 6.54 Å². The highest BCUT2D eigenvalue weighted by atomic mass is 35.5. The van der Waals surface area contributed by atoms with Crippen molar-refractivity contribution in [3.63, 3.8) is 0 Å². The van der Waals surface area contributed by atoms with E-state index >= 15 is 0 Å². The van der Waals surface area contributed by atoms with Gasteiger partial charge in [0, 0.05) is 22.7 Å². The molecule has 5 nitrogen and oxygen atoms in total. The van der Waals surface area contributed by atoms with E-state index in [-0.39, 0.29) is 12.3 Å². The fourth-order valence-corrected chi connectivity index (χ4v) is 2.58. The van der Waals surface area contributed by atoms with Crippen LogP contribution in [-0.2, 0) is 17.8 Å². The third-order valence-corrected chi connectivity index (χ3v) is 3.78. The normalized spacial score (nSPS) is 13.6. The number of nitriles is 1. The van der Waals surface area contributed by atoms with Gasteiger partial charge in [-0.05, 0) is 30.7 Å². The quantitative estimate of drug-likeness (QED) is 0.855. The van der Waals surface area contributed by atoms with Crippen LogP contribution in [0.25, 0.3) is 11.3 Å². The molecule has 0 saturated heterocycles. The molecule has 3 rings (SSSR count). The maximum absolute atomic E-state index is 11.8. The van der Waals surface area contributed by atoms with E-state index in [2.05, 4.69) is 5.16 Å². The standard InChI is InChI=1S/C15H12ClN3O2/c16-11-3-1-10(2-4-11)15-12-6-8-19(14(20)5-7-17)9-13(12)18-21-15/h1-4H,5-6,8-9H2. The molecule has 0 radical (unpaired) electrons. The number of halogens is 1. The molecule has 0 unspecified atom stereocenters. The van der Waals surface area contributed by atoms with Gasteiger partial charge >= 0.3 is 0 Å². The Balaban J connectivity index is 1.86. The number of hydrogen-bond acceptors (Lipinski definition) is 4. The summed E-state index contributed by atoms with van der Waals surface area (Å²) in [6.45, 7) is 0.974. The zero-order valence-electron chi connectivity index (χ0n) is 11.2. The SMILES string of the molecule is N#CCC(=O)N1CCc2c(noc2-c2ccc(Cl)cc2)C1. The van der Waals surface area contributed by atoms with Crippen molar-refractivity contribution in [2.24, 2.45) is 0 Å². The summed E-state index contributed by atoms with van der Waals surface area (Å²) >= 11 is 5.88. The number of fused-ring (bicyclic) bond motifs is 1. The van der Waals surface area contributed by atoms with Crippen LogP contribution in [0.5, 0.6) is 0 Å². The average molecular weight is 302 g/mol. The Kier molecular flexibility index (Phi) is 3.63. The van der Waals surface area contributed by atoms with E-state index in [4.69, 9.17) is 21.4 Å². The van der Waals surface area contributed by atoms with Crippen LogP contribution >= 0.6 is 11.6 Å². The average Bonchev–Trinajstić information content (AvgIpc) is 2.91. The number of nitrogens with zero attached hydrogens (tertiary/aromatic N) is 3. The highest BCUT2D eigenvalue weighted by Gasteiger charge is 2.26. The Morgan fingerprint density at radius 1 is 1.43 bits per heavy atom. The molecule has 0 N–H and O–H groups in total. The summed E-state index contributed by atoms with van der Waals surface area (Å²) in [6, 6.07) is 9.25. The molecule has 1 aliphatic heterocycles. The van der Waals surface area contributed by atoms with Crippen LogP contribution < -0.4 is 0 Å².